The van der Waals surface area contributed by atoms with E-state index in [1.807, 2.05) is 52.0 Å². The summed E-state index contributed by atoms with van der Waals surface area (Å²) in [6.07, 6.45) is 7.24. The lowest BCUT2D eigenvalue weighted by Gasteiger charge is -2.35. The second-order valence-electron chi connectivity index (χ2n) is 17.7. The first kappa shape index (κ1) is 40.1. The summed E-state index contributed by atoms with van der Waals surface area (Å²) in [7, 11) is -3.88. The Bertz CT molecular complexity index is 2020. The Labute approximate surface area is 328 Å². The van der Waals surface area contributed by atoms with E-state index >= 15 is 0 Å². The number of ether oxygens (including phenoxy) is 2. The Morgan fingerprint density at radius 3 is 2.41 bits per heavy atom. The number of nitrogens with zero attached hydrogens (tertiary/aromatic N) is 2. The standard InChI is InChI=1S/C41H57N5O9S/c1-5-27-23-41(27,38(50)44-56(52,53)29-18-19-29)43-35(47)31-22-28-24-46(31)37(49)34(40(2,3)4)42-39(51)55-32-17-12-15-25(32)13-8-6-7-11-20-45-33(54-28)21-26-14-9-10-16-30(26)36(45)48/h9-10,14,16,21,25,27-29,31-32,34H,5-8,11-13,15,17-20,22-24H2,1-4H3,(H,42,51)(H,43,47)(H,44,50)/t25-,27+,28+,31-,32+,34+,41+/m0/s1. The maximum Gasteiger partial charge on any atom is 0.408 e. The topological polar surface area (TPSA) is 182 Å². The number of rotatable bonds is 6. The largest absolute Gasteiger partial charge is 0.473 e. The van der Waals surface area contributed by atoms with Gasteiger partial charge in [-0.2, -0.15) is 0 Å². The van der Waals surface area contributed by atoms with Gasteiger partial charge in [-0.25, -0.2) is 13.2 Å². The molecule has 2 bridgehead atoms. The van der Waals surface area contributed by atoms with Crippen molar-refractivity contribution in [3.05, 3.63) is 40.7 Å². The summed E-state index contributed by atoms with van der Waals surface area (Å²) in [5, 5.41) is 6.39. The Morgan fingerprint density at radius 1 is 0.964 bits per heavy atom. The van der Waals surface area contributed by atoms with Gasteiger partial charge in [-0.3, -0.25) is 28.5 Å². The van der Waals surface area contributed by atoms with Crippen LogP contribution < -0.4 is 25.7 Å². The molecule has 1 saturated heterocycles. The molecule has 0 unspecified atom stereocenters. The summed E-state index contributed by atoms with van der Waals surface area (Å²) in [4.78, 5) is 71.7. The number of alkyl carbamates (subject to hydrolysis) is 1. The van der Waals surface area contributed by atoms with Gasteiger partial charge in [-0.05, 0) is 80.1 Å². The molecule has 0 spiro atoms. The fourth-order valence-electron chi connectivity index (χ4n) is 9.05. The normalized spacial score (nSPS) is 30.4. The minimum absolute atomic E-state index is 0.0263. The molecule has 3 saturated carbocycles. The smallest absolute Gasteiger partial charge is 0.408 e. The number of carbonyl (C=O) groups is 4. The molecule has 306 valence electrons. The fraction of sp³-hybridized carbons (Fsp3) is 0.683. The van der Waals surface area contributed by atoms with E-state index in [0.29, 0.717) is 42.5 Å². The number of aromatic nitrogens is 1. The van der Waals surface area contributed by atoms with Crippen molar-refractivity contribution in [2.75, 3.05) is 6.54 Å². The summed E-state index contributed by atoms with van der Waals surface area (Å²) in [6, 6.07) is 6.91. The van der Waals surface area contributed by atoms with Crippen LogP contribution in [0.2, 0.25) is 0 Å². The average molecular weight is 796 g/mol. The van der Waals surface area contributed by atoms with Crippen LogP contribution in [-0.2, 0) is 35.7 Å². The summed E-state index contributed by atoms with van der Waals surface area (Å²) >= 11 is 0. The molecule has 7 rings (SSSR count). The maximum absolute atomic E-state index is 14.8. The van der Waals surface area contributed by atoms with E-state index in [1.165, 1.54) is 4.90 Å². The number of carbonyl (C=O) groups excluding carboxylic acids is 4. The van der Waals surface area contributed by atoms with Crippen LogP contribution in [0.25, 0.3) is 10.8 Å². The van der Waals surface area contributed by atoms with E-state index in [9.17, 15) is 32.4 Å². The first-order valence-corrected chi connectivity index (χ1v) is 22.1. The number of pyridine rings is 1. The first-order valence-electron chi connectivity index (χ1n) is 20.6. The maximum atomic E-state index is 14.8. The van der Waals surface area contributed by atoms with Crippen molar-refractivity contribution in [1.29, 1.82) is 0 Å². The number of benzene rings is 1. The third-order valence-corrected chi connectivity index (χ3v) is 14.4. The molecule has 2 aliphatic heterocycles. The molecule has 1 aromatic heterocycles. The molecule has 1 aromatic carbocycles. The molecule has 5 aliphatic rings. The molecule has 3 aliphatic carbocycles. The van der Waals surface area contributed by atoms with Gasteiger partial charge in [0.25, 0.3) is 11.5 Å². The predicted molar refractivity (Wildman–Crippen MR) is 209 cm³/mol. The van der Waals surface area contributed by atoms with Crippen molar-refractivity contribution in [1.82, 2.24) is 24.8 Å². The molecule has 56 heavy (non-hydrogen) atoms. The van der Waals surface area contributed by atoms with Gasteiger partial charge in [0.2, 0.25) is 21.8 Å². The zero-order valence-corrected chi connectivity index (χ0v) is 33.8. The number of nitrogens with one attached hydrogen (secondary N) is 3. The Morgan fingerprint density at radius 2 is 1.70 bits per heavy atom. The molecule has 7 atom stereocenters. The van der Waals surface area contributed by atoms with Gasteiger partial charge in [0.15, 0.2) is 5.88 Å². The van der Waals surface area contributed by atoms with Crippen LogP contribution in [0.3, 0.4) is 0 Å². The fourth-order valence-corrected chi connectivity index (χ4v) is 10.4. The molecule has 0 radical (unpaired) electrons. The molecule has 2 aromatic rings. The van der Waals surface area contributed by atoms with E-state index in [-0.39, 0.29) is 42.9 Å². The van der Waals surface area contributed by atoms with E-state index < -0.39 is 68.2 Å². The highest BCUT2D eigenvalue weighted by atomic mass is 32.2. The van der Waals surface area contributed by atoms with Crippen LogP contribution in [-0.4, -0.2) is 83.3 Å². The monoisotopic (exact) mass is 795 g/mol. The number of amides is 4. The highest BCUT2D eigenvalue weighted by Crippen LogP contribution is 2.47. The minimum Gasteiger partial charge on any atom is -0.473 e. The third kappa shape index (κ3) is 8.29. The van der Waals surface area contributed by atoms with Crippen molar-refractivity contribution in [2.45, 2.75) is 153 Å². The summed E-state index contributed by atoms with van der Waals surface area (Å²) < 4.78 is 42.1. The third-order valence-electron chi connectivity index (χ3n) is 12.6. The highest BCUT2D eigenvalue weighted by molar-refractivity contribution is 7.91. The molecular weight excluding hydrogens is 739 g/mol. The first-order chi connectivity index (χ1) is 26.6. The zero-order chi connectivity index (χ0) is 40.0. The molecule has 15 heteroatoms. The molecule has 3 N–H and O–H groups in total. The van der Waals surface area contributed by atoms with Gasteiger partial charge in [-0.1, -0.05) is 71.6 Å². The number of sulfonamides is 1. The Balaban J connectivity index is 1.23. The molecule has 4 fully saturated rings. The van der Waals surface area contributed by atoms with Crippen molar-refractivity contribution in [3.63, 3.8) is 0 Å². The quantitative estimate of drug-likeness (QED) is 0.379. The average Bonchev–Trinajstić information content (AvgIpc) is 4.04. The lowest BCUT2D eigenvalue weighted by atomic mass is 9.85. The van der Waals surface area contributed by atoms with Gasteiger partial charge in [0, 0.05) is 24.4 Å². The van der Waals surface area contributed by atoms with Crippen molar-refractivity contribution < 1.29 is 37.1 Å². The van der Waals surface area contributed by atoms with Crippen LogP contribution in [0.5, 0.6) is 5.88 Å². The van der Waals surface area contributed by atoms with Gasteiger partial charge < -0.3 is 25.0 Å². The molecule has 4 amide bonds. The van der Waals surface area contributed by atoms with Crippen LogP contribution in [0.4, 0.5) is 4.79 Å². The van der Waals surface area contributed by atoms with Gasteiger partial charge >= 0.3 is 6.09 Å². The van der Waals surface area contributed by atoms with Crippen molar-refractivity contribution in [3.8, 4) is 5.88 Å². The van der Waals surface area contributed by atoms with Gasteiger partial charge in [-0.15, -0.1) is 0 Å². The van der Waals surface area contributed by atoms with Crippen LogP contribution in [0, 0.1) is 17.3 Å². The summed E-state index contributed by atoms with van der Waals surface area (Å²) in [5.41, 5.74) is -2.43. The second-order valence-corrected chi connectivity index (χ2v) is 19.7. The summed E-state index contributed by atoms with van der Waals surface area (Å²) in [6.45, 7) is 7.73. The summed E-state index contributed by atoms with van der Waals surface area (Å²) in [5.74, 6) is -1.65. The van der Waals surface area contributed by atoms with Gasteiger partial charge in [0.1, 0.15) is 29.8 Å². The Kier molecular flexibility index (Phi) is 11.2. The van der Waals surface area contributed by atoms with Gasteiger partial charge in [0.05, 0.1) is 11.8 Å². The highest BCUT2D eigenvalue weighted by Gasteiger charge is 2.62. The number of hydrogen-bond donors (Lipinski definition) is 3. The van der Waals surface area contributed by atoms with Crippen LogP contribution in [0.15, 0.2) is 35.1 Å². The van der Waals surface area contributed by atoms with E-state index in [2.05, 4.69) is 15.4 Å². The SMILES string of the molecule is CC[C@@H]1C[C@]1(NC(=O)[C@@H]1C[C@@H]2CN1C(=O)[C@H](C(C)(C)C)NC(=O)O[C@@H]1CCC[C@@H]1CCCCCCn1c(cc3ccccc3c1=O)O2)C(=O)NS(=O)(=O)C1CC1. The number of hydrogen-bond acceptors (Lipinski definition) is 9. The van der Waals surface area contributed by atoms with Crippen molar-refractivity contribution >= 4 is 44.6 Å². The lowest BCUT2D eigenvalue weighted by Crippen LogP contribution is -2.60. The van der Waals surface area contributed by atoms with Crippen LogP contribution >= 0.6 is 0 Å². The molecule has 3 heterocycles. The lowest BCUT2D eigenvalue weighted by molar-refractivity contribution is -0.143. The van der Waals surface area contributed by atoms with E-state index in [4.69, 9.17) is 9.47 Å². The van der Waals surface area contributed by atoms with E-state index in [1.54, 1.807) is 10.6 Å². The van der Waals surface area contributed by atoms with E-state index in [0.717, 1.165) is 51.4 Å². The second kappa shape index (κ2) is 15.7. The number of fused-ring (bicyclic) bond motifs is 5. The predicted octanol–water partition coefficient (Wildman–Crippen LogP) is 4.52. The Hall–Kier alpha value is -4.14. The minimum atomic E-state index is -3.88. The molecular formula is C41H57N5O9S. The van der Waals surface area contributed by atoms with Crippen molar-refractivity contribution in [2.24, 2.45) is 17.3 Å². The molecule has 14 nitrogen and oxygen atoms in total. The zero-order valence-electron chi connectivity index (χ0n) is 33.0. The van der Waals surface area contributed by atoms with Crippen LogP contribution in [0.1, 0.15) is 111 Å².